The van der Waals surface area contributed by atoms with E-state index in [1.54, 1.807) is 12.1 Å². The van der Waals surface area contributed by atoms with Gasteiger partial charge >= 0.3 is 5.97 Å². The summed E-state index contributed by atoms with van der Waals surface area (Å²) in [7, 11) is 1.37. The summed E-state index contributed by atoms with van der Waals surface area (Å²) in [6.45, 7) is 6.34. The van der Waals surface area contributed by atoms with Crippen molar-refractivity contribution >= 4 is 5.97 Å². The van der Waals surface area contributed by atoms with Crippen LogP contribution in [0.1, 0.15) is 61.5 Å². The zero-order valence-corrected chi connectivity index (χ0v) is 12.1. The number of rotatable bonds is 2. The average Bonchev–Trinajstić information content (AvgIpc) is 2.42. The number of carbonyl (C=O) groups is 1. The molecule has 1 N–H and O–H groups in total. The molecule has 0 fully saturated rings. The maximum absolute atomic E-state index is 11.7. The summed E-state index contributed by atoms with van der Waals surface area (Å²) in [5.74, 6) is -0.357. The van der Waals surface area contributed by atoms with Crippen LogP contribution in [0.25, 0.3) is 0 Å². The second-order valence-corrected chi connectivity index (χ2v) is 6.02. The van der Waals surface area contributed by atoms with E-state index in [4.69, 9.17) is 4.74 Å². The monoisotopic (exact) mass is 262 g/mol. The molecule has 1 aromatic carbocycles. The van der Waals surface area contributed by atoms with E-state index in [2.05, 4.69) is 13.8 Å². The molecule has 3 nitrogen and oxygen atoms in total. The minimum absolute atomic E-state index is 0.0331. The van der Waals surface area contributed by atoms with Crippen LogP contribution in [0.15, 0.2) is 18.2 Å². The highest BCUT2D eigenvalue weighted by Gasteiger charge is 2.40. The zero-order chi connectivity index (χ0) is 14.3. The average molecular weight is 262 g/mol. The van der Waals surface area contributed by atoms with Crippen LogP contribution in [0.4, 0.5) is 0 Å². The Morgan fingerprint density at radius 3 is 2.58 bits per heavy atom. The van der Waals surface area contributed by atoms with Crippen molar-refractivity contribution in [1.82, 2.24) is 0 Å². The van der Waals surface area contributed by atoms with E-state index in [-0.39, 0.29) is 11.4 Å². The van der Waals surface area contributed by atoms with Crippen molar-refractivity contribution in [2.45, 2.75) is 51.0 Å². The van der Waals surface area contributed by atoms with Crippen molar-refractivity contribution in [3.8, 4) is 0 Å². The number of fused-ring (bicyclic) bond motifs is 1. The van der Waals surface area contributed by atoms with Crippen LogP contribution < -0.4 is 0 Å². The van der Waals surface area contributed by atoms with Gasteiger partial charge in [-0.15, -0.1) is 0 Å². The molecule has 0 saturated carbocycles. The van der Waals surface area contributed by atoms with E-state index in [9.17, 15) is 9.90 Å². The summed E-state index contributed by atoms with van der Waals surface area (Å²) in [6, 6.07) is 5.54. The van der Waals surface area contributed by atoms with Gasteiger partial charge in [-0.25, -0.2) is 4.79 Å². The van der Waals surface area contributed by atoms with Crippen LogP contribution in [0.5, 0.6) is 0 Å². The lowest BCUT2D eigenvalue weighted by Gasteiger charge is -2.42. The predicted octanol–water partition coefficient (Wildman–Crippen LogP) is 3.14. The minimum atomic E-state index is -0.825. The molecular weight excluding hydrogens is 240 g/mol. The summed E-state index contributed by atoms with van der Waals surface area (Å²) in [5, 5.41) is 10.8. The highest BCUT2D eigenvalue weighted by Crippen LogP contribution is 2.46. The summed E-state index contributed by atoms with van der Waals surface area (Å²) in [6.07, 6.45) is 2.33. The number of aliphatic hydroxyl groups is 1. The van der Waals surface area contributed by atoms with E-state index < -0.39 is 5.60 Å². The fraction of sp³-hybridized carbons (Fsp3) is 0.562. The standard InChI is InChI=1S/C16H22O3/c1-5-16(18)9-8-15(2,3)12-7-6-11(10-13(12)16)14(17)19-4/h6-7,10,18H,5,8-9H2,1-4H3. The number of benzene rings is 1. The van der Waals surface area contributed by atoms with E-state index in [0.29, 0.717) is 12.0 Å². The highest BCUT2D eigenvalue weighted by molar-refractivity contribution is 5.89. The van der Waals surface area contributed by atoms with Gasteiger partial charge in [-0.3, -0.25) is 0 Å². The molecule has 0 bridgehead atoms. The second-order valence-electron chi connectivity index (χ2n) is 6.02. The van der Waals surface area contributed by atoms with Gasteiger partial charge in [0.1, 0.15) is 0 Å². The summed E-state index contributed by atoms with van der Waals surface area (Å²) in [5.41, 5.74) is 1.73. The first-order valence-electron chi connectivity index (χ1n) is 6.80. The molecule has 0 heterocycles. The molecule has 19 heavy (non-hydrogen) atoms. The van der Waals surface area contributed by atoms with Gasteiger partial charge in [0.25, 0.3) is 0 Å². The molecule has 104 valence electrons. The summed E-state index contributed by atoms with van der Waals surface area (Å²) >= 11 is 0. The van der Waals surface area contributed by atoms with Gasteiger partial charge in [-0.2, -0.15) is 0 Å². The minimum Gasteiger partial charge on any atom is -0.465 e. The third-order valence-electron chi connectivity index (χ3n) is 4.42. The predicted molar refractivity (Wildman–Crippen MR) is 74.2 cm³/mol. The molecule has 1 unspecified atom stereocenters. The Bertz CT molecular complexity index is 505. The molecular formula is C16H22O3. The van der Waals surface area contributed by atoms with Crippen molar-refractivity contribution in [3.05, 3.63) is 34.9 Å². The molecule has 1 aliphatic rings. The fourth-order valence-electron chi connectivity index (χ4n) is 2.92. The Labute approximate surface area is 114 Å². The third kappa shape index (κ3) is 2.27. The van der Waals surface area contributed by atoms with Gasteiger partial charge < -0.3 is 9.84 Å². The summed E-state index contributed by atoms with van der Waals surface area (Å²) < 4.78 is 4.76. The molecule has 1 aliphatic carbocycles. The Balaban J connectivity index is 2.60. The Hall–Kier alpha value is -1.35. The van der Waals surface area contributed by atoms with Gasteiger partial charge in [-0.05, 0) is 47.9 Å². The Morgan fingerprint density at radius 1 is 1.32 bits per heavy atom. The highest BCUT2D eigenvalue weighted by atomic mass is 16.5. The van der Waals surface area contributed by atoms with Crippen LogP contribution in [0, 0.1) is 0 Å². The molecule has 1 atom stereocenters. The first-order valence-corrected chi connectivity index (χ1v) is 6.80. The molecule has 2 rings (SSSR count). The normalized spacial score (nSPS) is 24.7. The van der Waals surface area contributed by atoms with Gasteiger partial charge in [-0.1, -0.05) is 26.8 Å². The van der Waals surface area contributed by atoms with E-state index in [0.717, 1.165) is 24.0 Å². The van der Waals surface area contributed by atoms with Crippen molar-refractivity contribution in [2.24, 2.45) is 0 Å². The molecule has 3 heteroatoms. The van der Waals surface area contributed by atoms with Gasteiger partial charge in [0.05, 0.1) is 18.3 Å². The van der Waals surface area contributed by atoms with Crippen LogP contribution in [-0.4, -0.2) is 18.2 Å². The van der Waals surface area contributed by atoms with Crippen LogP contribution in [0.2, 0.25) is 0 Å². The number of ether oxygens (including phenoxy) is 1. The lowest BCUT2D eigenvalue weighted by Crippen LogP contribution is -2.37. The molecule has 0 amide bonds. The second kappa shape index (κ2) is 4.64. The van der Waals surface area contributed by atoms with Crippen LogP contribution in [-0.2, 0) is 15.8 Å². The zero-order valence-electron chi connectivity index (χ0n) is 12.1. The first-order chi connectivity index (χ1) is 8.84. The molecule has 0 saturated heterocycles. The number of hydrogen-bond acceptors (Lipinski definition) is 3. The maximum Gasteiger partial charge on any atom is 0.337 e. The molecule has 0 aliphatic heterocycles. The number of carbonyl (C=O) groups excluding carboxylic acids is 1. The van der Waals surface area contributed by atoms with E-state index >= 15 is 0 Å². The Morgan fingerprint density at radius 2 is 2.00 bits per heavy atom. The van der Waals surface area contributed by atoms with Crippen molar-refractivity contribution in [3.63, 3.8) is 0 Å². The van der Waals surface area contributed by atoms with Crippen molar-refractivity contribution in [1.29, 1.82) is 0 Å². The van der Waals surface area contributed by atoms with Gasteiger partial charge in [0.15, 0.2) is 0 Å². The first kappa shape index (κ1) is 14.1. The van der Waals surface area contributed by atoms with Crippen LogP contribution >= 0.6 is 0 Å². The molecule has 1 aromatic rings. The van der Waals surface area contributed by atoms with Gasteiger partial charge in [0.2, 0.25) is 0 Å². The topological polar surface area (TPSA) is 46.5 Å². The number of methoxy groups -OCH3 is 1. The third-order valence-corrected chi connectivity index (χ3v) is 4.42. The van der Waals surface area contributed by atoms with Crippen molar-refractivity contribution < 1.29 is 14.6 Å². The smallest absolute Gasteiger partial charge is 0.337 e. The molecule has 0 spiro atoms. The van der Waals surface area contributed by atoms with Crippen molar-refractivity contribution in [2.75, 3.05) is 7.11 Å². The van der Waals surface area contributed by atoms with E-state index in [1.807, 2.05) is 13.0 Å². The fourth-order valence-corrected chi connectivity index (χ4v) is 2.92. The maximum atomic E-state index is 11.7. The molecule has 0 aromatic heterocycles. The number of esters is 1. The largest absolute Gasteiger partial charge is 0.465 e. The van der Waals surface area contributed by atoms with E-state index in [1.165, 1.54) is 7.11 Å². The summed E-state index contributed by atoms with van der Waals surface area (Å²) in [4.78, 5) is 11.7. The lowest BCUT2D eigenvalue weighted by atomic mass is 9.66. The SMILES string of the molecule is CCC1(O)CCC(C)(C)c2ccc(C(=O)OC)cc21. The Kier molecular flexibility index (Phi) is 3.43. The molecule has 0 radical (unpaired) electrons. The van der Waals surface area contributed by atoms with Crippen LogP contribution in [0.3, 0.4) is 0 Å². The van der Waals surface area contributed by atoms with Gasteiger partial charge in [0, 0.05) is 0 Å². The quantitative estimate of drug-likeness (QED) is 0.833. The number of hydrogen-bond donors (Lipinski definition) is 1. The lowest BCUT2D eigenvalue weighted by molar-refractivity contribution is 0.00487.